The van der Waals surface area contributed by atoms with Crippen LogP contribution in [0.5, 0.6) is 0 Å². The van der Waals surface area contributed by atoms with E-state index in [4.69, 9.17) is 0 Å². The van der Waals surface area contributed by atoms with E-state index in [1.54, 1.807) is 13.8 Å². The second-order valence-electron chi connectivity index (χ2n) is 6.17. The molecule has 3 N–H and O–H groups in total. The number of carbonyl (C=O) groups excluding carboxylic acids is 3. The first-order chi connectivity index (χ1) is 11.9. The van der Waals surface area contributed by atoms with Crippen LogP contribution in [0, 0.1) is 0 Å². The van der Waals surface area contributed by atoms with E-state index in [9.17, 15) is 14.4 Å². The first-order valence-corrected chi connectivity index (χ1v) is 8.12. The third kappa shape index (κ3) is 3.13. The normalized spacial score (nSPS) is 19.8. The van der Waals surface area contributed by atoms with Crippen LogP contribution in [0.25, 0.3) is 10.8 Å². The highest BCUT2D eigenvalue weighted by atomic mass is 16.2. The van der Waals surface area contributed by atoms with Crippen molar-refractivity contribution in [2.45, 2.75) is 25.8 Å². The summed E-state index contributed by atoms with van der Waals surface area (Å²) < 4.78 is 0. The fourth-order valence-corrected chi connectivity index (χ4v) is 2.74. The predicted molar refractivity (Wildman–Crippen MR) is 94.7 cm³/mol. The number of urea groups is 1. The van der Waals surface area contributed by atoms with E-state index >= 15 is 0 Å². The third-order valence-electron chi connectivity index (χ3n) is 4.43. The number of rotatable bonds is 5. The number of hydrazine groups is 1. The third-order valence-corrected chi connectivity index (χ3v) is 4.43. The SMILES string of the molecule is CCC1(C)NC(=O)N(NC(=O)CNc2cccc3ccccc23)C1=O. The monoisotopic (exact) mass is 340 g/mol. The van der Waals surface area contributed by atoms with Crippen molar-refractivity contribution < 1.29 is 14.4 Å². The summed E-state index contributed by atoms with van der Waals surface area (Å²) in [5.41, 5.74) is 2.19. The maximum absolute atomic E-state index is 12.3. The van der Waals surface area contributed by atoms with Crippen LogP contribution >= 0.6 is 0 Å². The lowest BCUT2D eigenvalue weighted by Crippen LogP contribution is -2.50. The summed E-state index contributed by atoms with van der Waals surface area (Å²) in [6, 6.07) is 12.9. The van der Waals surface area contributed by atoms with Gasteiger partial charge in [-0.3, -0.25) is 15.0 Å². The molecule has 0 saturated carbocycles. The number of benzene rings is 2. The van der Waals surface area contributed by atoms with Crippen molar-refractivity contribution in [3.8, 4) is 0 Å². The minimum absolute atomic E-state index is 0.0616. The molecule has 7 nitrogen and oxygen atoms in total. The van der Waals surface area contributed by atoms with Crippen molar-refractivity contribution in [2.24, 2.45) is 0 Å². The van der Waals surface area contributed by atoms with Crippen LogP contribution in [-0.2, 0) is 9.59 Å². The molecule has 0 bridgehead atoms. The molecule has 1 aliphatic rings. The Morgan fingerprint density at radius 1 is 1.16 bits per heavy atom. The highest BCUT2D eigenvalue weighted by molar-refractivity contribution is 6.07. The summed E-state index contributed by atoms with van der Waals surface area (Å²) in [7, 11) is 0. The van der Waals surface area contributed by atoms with Crippen LogP contribution in [-0.4, -0.2) is 34.9 Å². The van der Waals surface area contributed by atoms with Crippen LogP contribution in [0.1, 0.15) is 20.3 Å². The van der Waals surface area contributed by atoms with Crippen molar-refractivity contribution in [1.82, 2.24) is 15.8 Å². The van der Waals surface area contributed by atoms with Crippen LogP contribution in [0.15, 0.2) is 42.5 Å². The van der Waals surface area contributed by atoms with Crippen molar-refractivity contribution in [1.29, 1.82) is 0 Å². The Kier molecular flexibility index (Phi) is 4.31. The van der Waals surface area contributed by atoms with Gasteiger partial charge in [0.15, 0.2) is 0 Å². The van der Waals surface area contributed by atoms with Gasteiger partial charge >= 0.3 is 6.03 Å². The van der Waals surface area contributed by atoms with Crippen LogP contribution in [0.3, 0.4) is 0 Å². The van der Waals surface area contributed by atoms with Gasteiger partial charge < -0.3 is 10.6 Å². The number of amides is 4. The van der Waals surface area contributed by atoms with Crippen molar-refractivity contribution in [3.63, 3.8) is 0 Å². The van der Waals surface area contributed by atoms with Crippen molar-refractivity contribution >= 4 is 34.3 Å². The number of imide groups is 1. The van der Waals surface area contributed by atoms with E-state index in [0.717, 1.165) is 21.5 Å². The zero-order valence-electron chi connectivity index (χ0n) is 14.1. The quantitative estimate of drug-likeness (QED) is 0.726. The summed E-state index contributed by atoms with van der Waals surface area (Å²) in [6.07, 6.45) is 0.443. The molecule has 25 heavy (non-hydrogen) atoms. The maximum Gasteiger partial charge on any atom is 0.344 e. The Hall–Kier alpha value is -3.09. The van der Waals surface area contributed by atoms with E-state index in [0.29, 0.717) is 6.42 Å². The molecule has 0 spiro atoms. The minimum Gasteiger partial charge on any atom is -0.376 e. The van der Waals surface area contributed by atoms with Gasteiger partial charge in [-0.1, -0.05) is 43.3 Å². The van der Waals surface area contributed by atoms with E-state index in [-0.39, 0.29) is 6.54 Å². The standard InChI is InChI=1S/C18H20N4O3/c1-3-18(2)16(24)22(17(25)20-18)21-15(23)11-19-14-10-6-8-12-7-4-5-9-13(12)14/h4-10,19H,3,11H2,1-2H3,(H,20,25)(H,21,23). The highest BCUT2D eigenvalue weighted by Gasteiger charge is 2.47. The first-order valence-electron chi connectivity index (χ1n) is 8.12. The van der Waals surface area contributed by atoms with Gasteiger partial charge in [0, 0.05) is 11.1 Å². The molecule has 0 aromatic heterocycles. The van der Waals surface area contributed by atoms with Crippen LogP contribution < -0.4 is 16.1 Å². The van der Waals surface area contributed by atoms with Gasteiger partial charge in [-0.25, -0.2) is 4.79 Å². The molecule has 1 aliphatic heterocycles. The summed E-state index contributed by atoms with van der Waals surface area (Å²) in [5, 5.41) is 8.42. The Bertz CT molecular complexity index is 846. The molecule has 1 saturated heterocycles. The van der Waals surface area contributed by atoms with Crippen LogP contribution in [0.4, 0.5) is 10.5 Å². The average molecular weight is 340 g/mol. The molecular formula is C18H20N4O3. The smallest absolute Gasteiger partial charge is 0.344 e. The number of nitrogens with zero attached hydrogens (tertiary/aromatic N) is 1. The molecule has 1 fully saturated rings. The van der Waals surface area contributed by atoms with Gasteiger partial charge in [-0.2, -0.15) is 5.01 Å². The molecule has 7 heteroatoms. The predicted octanol–water partition coefficient (Wildman–Crippen LogP) is 2.00. The van der Waals surface area contributed by atoms with Gasteiger partial charge in [0.2, 0.25) is 0 Å². The fraction of sp³-hybridized carbons (Fsp3) is 0.278. The Morgan fingerprint density at radius 2 is 1.88 bits per heavy atom. The van der Waals surface area contributed by atoms with E-state index in [1.807, 2.05) is 42.5 Å². The molecule has 0 radical (unpaired) electrons. The summed E-state index contributed by atoms with van der Waals surface area (Å²) >= 11 is 0. The Labute approximate surface area is 145 Å². The summed E-state index contributed by atoms with van der Waals surface area (Å²) in [6.45, 7) is 3.37. The Balaban J connectivity index is 1.65. The molecule has 1 unspecified atom stereocenters. The van der Waals surface area contributed by atoms with E-state index in [2.05, 4.69) is 16.1 Å². The number of carbonyl (C=O) groups is 3. The van der Waals surface area contributed by atoms with E-state index in [1.165, 1.54) is 0 Å². The molecule has 1 heterocycles. The average Bonchev–Trinajstić information content (AvgIpc) is 2.83. The van der Waals surface area contributed by atoms with Crippen LogP contribution in [0.2, 0.25) is 0 Å². The number of anilines is 1. The van der Waals surface area contributed by atoms with Crippen molar-refractivity contribution in [3.05, 3.63) is 42.5 Å². The fourth-order valence-electron chi connectivity index (χ4n) is 2.74. The van der Waals surface area contributed by atoms with Gasteiger partial charge in [0.25, 0.3) is 11.8 Å². The summed E-state index contributed by atoms with van der Waals surface area (Å²) in [4.78, 5) is 36.3. The molecule has 2 aromatic carbocycles. The van der Waals surface area contributed by atoms with Gasteiger partial charge in [0.05, 0.1) is 6.54 Å². The second kappa shape index (κ2) is 6.43. The maximum atomic E-state index is 12.3. The second-order valence-corrected chi connectivity index (χ2v) is 6.17. The van der Waals surface area contributed by atoms with E-state index < -0.39 is 23.4 Å². The number of nitrogens with one attached hydrogen (secondary N) is 3. The summed E-state index contributed by atoms with van der Waals surface area (Å²) in [5.74, 6) is -0.935. The van der Waals surface area contributed by atoms with Gasteiger partial charge in [0.1, 0.15) is 5.54 Å². The largest absolute Gasteiger partial charge is 0.376 e. The topological polar surface area (TPSA) is 90.5 Å². The Morgan fingerprint density at radius 3 is 2.60 bits per heavy atom. The number of hydrogen-bond donors (Lipinski definition) is 3. The molecule has 2 aromatic rings. The first kappa shape index (κ1) is 16.8. The number of hydrogen-bond acceptors (Lipinski definition) is 4. The lowest BCUT2D eigenvalue weighted by molar-refractivity contribution is -0.138. The molecule has 3 rings (SSSR count). The lowest BCUT2D eigenvalue weighted by atomic mass is 10.00. The lowest BCUT2D eigenvalue weighted by Gasteiger charge is -2.19. The molecule has 4 amide bonds. The molecular weight excluding hydrogens is 320 g/mol. The van der Waals surface area contributed by atoms with Gasteiger partial charge in [-0.15, -0.1) is 0 Å². The zero-order valence-corrected chi connectivity index (χ0v) is 14.1. The minimum atomic E-state index is -0.979. The molecule has 1 atom stereocenters. The molecule has 0 aliphatic carbocycles. The van der Waals surface area contributed by atoms with Gasteiger partial charge in [-0.05, 0) is 24.8 Å². The number of fused-ring (bicyclic) bond motifs is 1. The zero-order chi connectivity index (χ0) is 18.0. The van der Waals surface area contributed by atoms with Crippen molar-refractivity contribution in [2.75, 3.05) is 11.9 Å². The molecule has 130 valence electrons. The highest BCUT2D eigenvalue weighted by Crippen LogP contribution is 2.23.